The molecule has 0 saturated carbocycles. The van der Waals surface area contributed by atoms with Crippen LogP contribution in [-0.2, 0) is 0 Å². The number of aromatic amines is 1. The molecule has 1 aliphatic heterocycles. The van der Waals surface area contributed by atoms with Crippen LogP contribution >= 0.6 is 0 Å². The zero-order valence-corrected chi connectivity index (χ0v) is 14.0. The molecule has 0 spiro atoms. The van der Waals surface area contributed by atoms with Gasteiger partial charge in [-0.05, 0) is 30.0 Å². The highest BCUT2D eigenvalue weighted by molar-refractivity contribution is 5.97. The van der Waals surface area contributed by atoms with Crippen molar-refractivity contribution in [3.8, 4) is 0 Å². The van der Waals surface area contributed by atoms with E-state index in [2.05, 4.69) is 54.6 Å². The van der Waals surface area contributed by atoms with Crippen molar-refractivity contribution in [2.45, 2.75) is 12.6 Å². The van der Waals surface area contributed by atoms with E-state index in [4.69, 9.17) is 0 Å². The molecule has 26 heavy (non-hydrogen) atoms. The largest absolute Gasteiger partial charge is 0.368 e. The predicted octanol–water partition coefficient (Wildman–Crippen LogP) is 3.80. The molecule has 4 aromatic rings. The third-order valence-corrected chi connectivity index (χ3v) is 4.79. The van der Waals surface area contributed by atoms with E-state index in [0.29, 0.717) is 29.9 Å². The van der Waals surface area contributed by atoms with Gasteiger partial charge in [0.05, 0.1) is 0 Å². The molecule has 0 unspecified atom stereocenters. The molecule has 0 aliphatic carbocycles. The number of alkyl halides is 1. The van der Waals surface area contributed by atoms with E-state index in [1.54, 1.807) is 12.4 Å². The molecular formula is C19H17FN6. The van der Waals surface area contributed by atoms with Gasteiger partial charge in [0.25, 0.3) is 0 Å². The molecule has 7 heteroatoms. The lowest BCUT2D eigenvalue weighted by Gasteiger charge is -2.20. The summed E-state index contributed by atoms with van der Waals surface area (Å²) in [5.41, 5.74) is 3.29. The smallest absolute Gasteiger partial charge is 0.201 e. The van der Waals surface area contributed by atoms with Crippen LogP contribution < -0.4 is 10.2 Å². The standard InChI is InChI=1S/C19H17FN6/c20-13-6-9-26(11-13)16-3-1-2-12-10-14(4-5-15(12)16)23-19-17-18(24-25-19)22-8-7-21-17/h1-5,7-8,10,13H,6,9,11H2,(H2,22,23,24,25)/t13-/m0/s1. The second-order valence-corrected chi connectivity index (χ2v) is 6.50. The lowest BCUT2D eigenvalue weighted by atomic mass is 10.1. The van der Waals surface area contributed by atoms with Gasteiger partial charge in [0.1, 0.15) is 6.17 Å². The molecule has 1 saturated heterocycles. The maximum absolute atomic E-state index is 13.6. The summed E-state index contributed by atoms with van der Waals surface area (Å²) in [6, 6.07) is 12.3. The number of nitrogens with zero attached hydrogens (tertiary/aromatic N) is 4. The Hall–Kier alpha value is -3.22. The van der Waals surface area contributed by atoms with Crippen molar-refractivity contribution in [1.82, 2.24) is 20.2 Å². The monoisotopic (exact) mass is 348 g/mol. The van der Waals surface area contributed by atoms with E-state index >= 15 is 0 Å². The Morgan fingerprint density at radius 1 is 1.15 bits per heavy atom. The van der Waals surface area contributed by atoms with Crippen LogP contribution in [0.2, 0.25) is 0 Å². The summed E-state index contributed by atoms with van der Waals surface area (Å²) in [6.07, 6.45) is 3.12. The van der Waals surface area contributed by atoms with Crippen molar-refractivity contribution in [2.24, 2.45) is 0 Å². The number of benzene rings is 2. The normalized spacial score (nSPS) is 17.3. The summed E-state index contributed by atoms with van der Waals surface area (Å²) >= 11 is 0. The van der Waals surface area contributed by atoms with Crippen LogP contribution in [0.5, 0.6) is 0 Å². The Bertz CT molecular complexity index is 1090. The number of aromatic nitrogens is 4. The number of nitrogens with one attached hydrogen (secondary N) is 2. The zero-order valence-electron chi connectivity index (χ0n) is 14.0. The Morgan fingerprint density at radius 3 is 2.96 bits per heavy atom. The fourth-order valence-electron chi connectivity index (χ4n) is 3.54. The number of fused-ring (bicyclic) bond motifs is 2. The summed E-state index contributed by atoms with van der Waals surface area (Å²) in [7, 11) is 0. The van der Waals surface area contributed by atoms with Gasteiger partial charge in [0, 0.05) is 42.2 Å². The van der Waals surface area contributed by atoms with Crippen LogP contribution in [0.4, 0.5) is 21.6 Å². The summed E-state index contributed by atoms with van der Waals surface area (Å²) in [5, 5.41) is 12.6. The number of H-pyrrole nitrogens is 1. The summed E-state index contributed by atoms with van der Waals surface area (Å²) < 4.78 is 13.6. The fourth-order valence-corrected chi connectivity index (χ4v) is 3.54. The minimum absolute atomic E-state index is 0.470. The van der Waals surface area contributed by atoms with Gasteiger partial charge in [0.15, 0.2) is 11.3 Å². The average Bonchev–Trinajstić information content (AvgIpc) is 3.28. The molecule has 6 nitrogen and oxygen atoms in total. The van der Waals surface area contributed by atoms with Gasteiger partial charge in [0.2, 0.25) is 5.65 Å². The molecule has 0 radical (unpaired) electrons. The first-order valence-electron chi connectivity index (χ1n) is 8.62. The number of anilines is 3. The Labute approximate surface area is 149 Å². The van der Waals surface area contributed by atoms with E-state index < -0.39 is 6.17 Å². The number of halogens is 1. The number of hydrogen-bond donors (Lipinski definition) is 2. The highest BCUT2D eigenvalue weighted by Crippen LogP contribution is 2.32. The third-order valence-electron chi connectivity index (χ3n) is 4.79. The van der Waals surface area contributed by atoms with Crippen LogP contribution in [-0.4, -0.2) is 39.4 Å². The van der Waals surface area contributed by atoms with E-state index in [0.717, 1.165) is 28.7 Å². The van der Waals surface area contributed by atoms with Crippen LogP contribution in [0, 0.1) is 0 Å². The van der Waals surface area contributed by atoms with Crippen molar-refractivity contribution >= 4 is 39.1 Å². The van der Waals surface area contributed by atoms with Gasteiger partial charge in [-0.1, -0.05) is 18.2 Å². The lowest BCUT2D eigenvalue weighted by molar-refractivity contribution is 0.364. The first-order chi connectivity index (χ1) is 12.8. The highest BCUT2D eigenvalue weighted by atomic mass is 19.1. The second-order valence-electron chi connectivity index (χ2n) is 6.50. The number of hydrogen-bond acceptors (Lipinski definition) is 5. The molecule has 0 bridgehead atoms. The topological polar surface area (TPSA) is 69.7 Å². The van der Waals surface area contributed by atoms with Crippen molar-refractivity contribution in [1.29, 1.82) is 0 Å². The molecule has 3 heterocycles. The molecule has 1 atom stereocenters. The number of rotatable bonds is 3. The van der Waals surface area contributed by atoms with Crippen LogP contribution in [0.3, 0.4) is 0 Å². The molecule has 1 fully saturated rings. The minimum Gasteiger partial charge on any atom is -0.368 e. The Morgan fingerprint density at radius 2 is 2.08 bits per heavy atom. The van der Waals surface area contributed by atoms with Crippen molar-refractivity contribution < 1.29 is 4.39 Å². The summed E-state index contributed by atoms with van der Waals surface area (Å²) in [4.78, 5) is 10.6. The van der Waals surface area contributed by atoms with Gasteiger partial charge >= 0.3 is 0 Å². The van der Waals surface area contributed by atoms with Gasteiger partial charge < -0.3 is 10.2 Å². The fraction of sp³-hybridized carbons (Fsp3) is 0.211. The highest BCUT2D eigenvalue weighted by Gasteiger charge is 2.23. The van der Waals surface area contributed by atoms with Crippen molar-refractivity contribution in [3.63, 3.8) is 0 Å². The first-order valence-corrected chi connectivity index (χ1v) is 8.62. The molecular weight excluding hydrogens is 331 g/mol. The Kier molecular flexibility index (Phi) is 3.44. The Balaban J connectivity index is 1.50. The van der Waals surface area contributed by atoms with Crippen LogP contribution in [0.15, 0.2) is 48.8 Å². The van der Waals surface area contributed by atoms with Crippen molar-refractivity contribution in [3.05, 3.63) is 48.8 Å². The third kappa shape index (κ3) is 2.52. The summed E-state index contributed by atoms with van der Waals surface area (Å²) in [6.45, 7) is 1.23. The van der Waals surface area contributed by atoms with E-state index in [1.165, 1.54) is 0 Å². The summed E-state index contributed by atoms with van der Waals surface area (Å²) in [5.74, 6) is 0.711. The lowest BCUT2D eigenvalue weighted by Crippen LogP contribution is -2.20. The molecule has 1 aliphatic rings. The maximum atomic E-state index is 13.6. The van der Waals surface area contributed by atoms with E-state index in [9.17, 15) is 4.39 Å². The predicted molar refractivity (Wildman–Crippen MR) is 101 cm³/mol. The average molecular weight is 348 g/mol. The zero-order chi connectivity index (χ0) is 17.5. The van der Waals surface area contributed by atoms with Gasteiger partial charge in [-0.25, -0.2) is 14.4 Å². The van der Waals surface area contributed by atoms with Crippen molar-refractivity contribution in [2.75, 3.05) is 23.3 Å². The molecule has 2 N–H and O–H groups in total. The SMILES string of the molecule is F[C@H]1CCN(c2cccc3cc(Nc4[nH]nc5nccnc45)ccc23)C1. The van der Waals surface area contributed by atoms with Crippen LogP contribution in [0.1, 0.15) is 6.42 Å². The molecule has 130 valence electrons. The van der Waals surface area contributed by atoms with Gasteiger partial charge in [-0.15, -0.1) is 0 Å². The van der Waals surface area contributed by atoms with E-state index in [-0.39, 0.29) is 0 Å². The molecule has 0 amide bonds. The molecule has 5 rings (SSSR count). The van der Waals surface area contributed by atoms with Gasteiger partial charge in [-0.3, -0.25) is 5.10 Å². The molecule has 2 aromatic carbocycles. The van der Waals surface area contributed by atoms with Crippen LogP contribution in [0.25, 0.3) is 21.9 Å². The molecule has 2 aromatic heterocycles. The minimum atomic E-state index is -0.735. The first kappa shape index (κ1) is 15.1. The van der Waals surface area contributed by atoms with E-state index in [1.807, 2.05) is 12.1 Å². The quantitative estimate of drug-likeness (QED) is 0.589. The maximum Gasteiger partial charge on any atom is 0.201 e. The second kappa shape index (κ2) is 5.94. The van der Waals surface area contributed by atoms with Gasteiger partial charge in [-0.2, -0.15) is 5.10 Å².